The molecule has 0 heterocycles. The summed E-state index contributed by atoms with van der Waals surface area (Å²) in [6.07, 6.45) is 0. The van der Waals surface area contributed by atoms with Gasteiger partial charge in [-0.05, 0) is 35.9 Å². The van der Waals surface area contributed by atoms with Crippen molar-refractivity contribution in [2.24, 2.45) is 0 Å². The van der Waals surface area contributed by atoms with E-state index in [1.165, 1.54) is 0 Å². The Labute approximate surface area is 111 Å². The molecule has 19 heavy (non-hydrogen) atoms. The summed E-state index contributed by atoms with van der Waals surface area (Å²) in [5.74, 6) is 0. The van der Waals surface area contributed by atoms with Crippen molar-refractivity contribution in [1.29, 1.82) is 10.5 Å². The number of benzene rings is 2. The van der Waals surface area contributed by atoms with Crippen molar-refractivity contribution in [3.05, 3.63) is 59.2 Å². The number of rotatable bonds is 3. The number of nitrogen functional groups attached to an aromatic ring is 1. The highest BCUT2D eigenvalue weighted by molar-refractivity contribution is 5.61. The van der Waals surface area contributed by atoms with E-state index in [0.717, 1.165) is 11.3 Å². The summed E-state index contributed by atoms with van der Waals surface area (Å²) in [6, 6.07) is 16.7. The van der Waals surface area contributed by atoms with Gasteiger partial charge in [-0.25, -0.2) is 0 Å². The molecule has 0 amide bonds. The standard InChI is InChI=1S/C15H12N4/c16-8-11-1-3-12(4-2-11)10-19-14-5-6-15(18)13(7-14)9-17/h1-7,19H,10,18H2. The molecule has 0 aliphatic heterocycles. The highest BCUT2D eigenvalue weighted by Crippen LogP contribution is 2.17. The van der Waals surface area contributed by atoms with E-state index in [2.05, 4.69) is 11.4 Å². The van der Waals surface area contributed by atoms with Crippen LogP contribution in [0.1, 0.15) is 16.7 Å². The molecule has 0 fully saturated rings. The van der Waals surface area contributed by atoms with Gasteiger partial charge in [0, 0.05) is 17.9 Å². The molecule has 4 nitrogen and oxygen atoms in total. The maximum absolute atomic E-state index is 8.90. The maximum Gasteiger partial charge on any atom is 0.101 e. The number of nitrogens with two attached hydrogens (primary N) is 1. The van der Waals surface area contributed by atoms with Crippen molar-refractivity contribution in [3.63, 3.8) is 0 Å². The van der Waals surface area contributed by atoms with Crippen molar-refractivity contribution in [1.82, 2.24) is 0 Å². The first-order chi connectivity index (χ1) is 9.22. The zero-order chi connectivity index (χ0) is 13.7. The van der Waals surface area contributed by atoms with Crippen LogP contribution in [0, 0.1) is 22.7 Å². The van der Waals surface area contributed by atoms with Crippen LogP contribution in [0.2, 0.25) is 0 Å². The lowest BCUT2D eigenvalue weighted by Crippen LogP contribution is -2.00. The Morgan fingerprint density at radius 1 is 1.00 bits per heavy atom. The van der Waals surface area contributed by atoms with Crippen LogP contribution >= 0.6 is 0 Å². The smallest absolute Gasteiger partial charge is 0.101 e. The highest BCUT2D eigenvalue weighted by atomic mass is 14.9. The summed E-state index contributed by atoms with van der Waals surface area (Å²) < 4.78 is 0. The van der Waals surface area contributed by atoms with Gasteiger partial charge in [0.25, 0.3) is 0 Å². The van der Waals surface area contributed by atoms with E-state index in [0.29, 0.717) is 23.4 Å². The summed E-state index contributed by atoms with van der Waals surface area (Å²) in [4.78, 5) is 0. The Hall–Kier alpha value is -2.98. The van der Waals surface area contributed by atoms with Crippen molar-refractivity contribution in [2.45, 2.75) is 6.54 Å². The van der Waals surface area contributed by atoms with Gasteiger partial charge in [0.15, 0.2) is 0 Å². The van der Waals surface area contributed by atoms with E-state index in [1.54, 1.807) is 24.3 Å². The summed E-state index contributed by atoms with van der Waals surface area (Å²) in [5, 5.41) is 20.8. The van der Waals surface area contributed by atoms with Gasteiger partial charge >= 0.3 is 0 Å². The molecular weight excluding hydrogens is 236 g/mol. The minimum absolute atomic E-state index is 0.463. The Bertz CT molecular complexity index is 660. The monoisotopic (exact) mass is 248 g/mol. The summed E-state index contributed by atoms with van der Waals surface area (Å²) in [6.45, 7) is 0.625. The average Bonchev–Trinajstić information content (AvgIpc) is 2.47. The molecule has 0 saturated heterocycles. The lowest BCUT2D eigenvalue weighted by molar-refractivity contribution is 1.15. The molecule has 0 spiro atoms. The number of hydrogen-bond acceptors (Lipinski definition) is 4. The number of nitriles is 2. The van der Waals surface area contributed by atoms with Gasteiger partial charge in [-0.2, -0.15) is 10.5 Å². The van der Waals surface area contributed by atoms with Gasteiger partial charge in [-0.3, -0.25) is 0 Å². The van der Waals surface area contributed by atoms with Gasteiger partial charge in [0.05, 0.1) is 17.2 Å². The molecule has 2 aromatic rings. The number of anilines is 2. The fraction of sp³-hybridized carbons (Fsp3) is 0.0667. The molecule has 0 atom stereocenters. The second-order valence-electron chi connectivity index (χ2n) is 4.08. The van der Waals surface area contributed by atoms with Crippen molar-refractivity contribution in [2.75, 3.05) is 11.1 Å². The largest absolute Gasteiger partial charge is 0.398 e. The van der Waals surface area contributed by atoms with Crippen LogP contribution in [-0.4, -0.2) is 0 Å². The zero-order valence-electron chi connectivity index (χ0n) is 10.2. The second kappa shape index (κ2) is 5.57. The average molecular weight is 248 g/mol. The van der Waals surface area contributed by atoms with Crippen LogP contribution in [0.4, 0.5) is 11.4 Å². The third-order valence-corrected chi connectivity index (χ3v) is 2.75. The molecule has 0 aliphatic rings. The van der Waals surface area contributed by atoms with Crippen molar-refractivity contribution >= 4 is 11.4 Å². The minimum Gasteiger partial charge on any atom is -0.398 e. The van der Waals surface area contributed by atoms with E-state index in [-0.39, 0.29) is 0 Å². The molecule has 0 radical (unpaired) electrons. The van der Waals surface area contributed by atoms with Crippen molar-refractivity contribution in [3.8, 4) is 12.1 Å². The van der Waals surface area contributed by atoms with Crippen LogP contribution in [0.15, 0.2) is 42.5 Å². The van der Waals surface area contributed by atoms with Crippen LogP contribution in [-0.2, 0) is 6.54 Å². The fourth-order valence-corrected chi connectivity index (χ4v) is 1.66. The molecule has 4 heteroatoms. The normalized spacial score (nSPS) is 9.37. The molecule has 0 bridgehead atoms. The summed E-state index contributed by atoms with van der Waals surface area (Å²) in [7, 11) is 0. The quantitative estimate of drug-likeness (QED) is 0.817. The first-order valence-corrected chi connectivity index (χ1v) is 5.75. The predicted molar refractivity (Wildman–Crippen MR) is 74.1 cm³/mol. The highest BCUT2D eigenvalue weighted by Gasteiger charge is 2.00. The first-order valence-electron chi connectivity index (χ1n) is 5.75. The molecule has 2 rings (SSSR count). The molecule has 3 N–H and O–H groups in total. The SMILES string of the molecule is N#Cc1ccc(CNc2ccc(N)c(C#N)c2)cc1. The maximum atomic E-state index is 8.90. The fourth-order valence-electron chi connectivity index (χ4n) is 1.66. The number of hydrogen-bond donors (Lipinski definition) is 2. The molecule has 0 unspecified atom stereocenters. The third-order valence-electron chi connectivity index (χ3n) is 2.75. The lowest BCUT2D eigenvalue weighted by Gasteiger charge is -2.08. The third kappa shape index (κ3) is 3.02. The van der Waals surface area contributed by atoms with E-state index >= 15 is 0 Å². The summed E-state index contributed by atoms with van der Waals surface area (Å²) in [5.41, 5.74) is 9.15. The van der Waals surface area contributed by atoms with Gasteiger partial charge in [-0.15, -0.1) is 0 Å². The predicted octanol–water partition coefficient (Wildman–Crippen LogP) is 2.62. The Balaban J connectivity index is 2.06. The molecule has 0 saturated carbocycles. The second-order valence-corrected chi connectivity index (χ2v) is 4.08. The van der Waals surface area contributed by atoms with Gasteiger partial charge < -0.3 is 11.1 Å². The van der Waals surface area contributed by atoms with Crippen LogP contribution in [0.3, 0.4) is 0 Å². The van der Waals surface area contributed by atoms with Gasteiger partial charge in [-0.1, -0.05) is 12.1 Å². The number of nitrogens with one attached hydrogen (secondary N) is 1. The van der Waals surface area contributed by atoms with Crippen LogP contribution < -0.4 is 11.1 Å². The van der Waals surface area contributed by atoms with Crippen LogP contribution in [0.25, 0.3) is 0 Å². The Kier molecular flexibility index (Phi) is 3.66. The topological polar surface area (TPSA) is 85.6 Å². The van der Waals surface area contributed by atoms with E-state index < -0.39 is 0 Å². The van der Waals surface area contributed by atoms with Gasteiger partial charge in [0.2, 0.25) is 0 Å². The Morgan fingerprint density at radius 3 is 2.37 bits per heavy atom. The van der Waals surface area contributed by atoms with E-state index in [9.17, 15) is 0 Å². The molecule has 0 aliphatic carbocycles. The Morgan fingerprint density at radius 2 is 1.74 bits per heavy atom. The number of nitrogens with zero attached hydrogens (tertiary/aromatic N) is 2. The molecule has 0 aromatic heterocycles. The first kappa shape index (κ1) is 12.5. The molecule has 2 aromatic carbocycles. The zero-order valence-corrected chi connectivity index (χ0v) is 10.2. The molecule has 92 valence electrons. The van der Waals surface area contributed by atoms with E-state index in [1.807, 2.05) is 24.3 Å². The lowest BCUT2D eigenvalue weighted by atomic mass is 10.1. The summed E-state index contributed by atoms with van der Waals surface area (Å²) >= 11 is 0. The van der Waals surface area contributed by atoms with Crippen LogP contribution in [0.5, 0.6) is 0 Å². The van der Waals surface area contributed by atoms with E-state index in [4.69, 9.17) is 16.3 Å². The molecular formula is C15H12N4. The van der Waals surface area contributed by atoms with Crippen molar-refractivity contribution < 1.29 is 0 Å². The minimum atomic E-state index is 0.463. The van der Waals surface area contributed by atoms with Gasteiger partial charge in [0.1, 0.15) is 6.07 Å².